The Morgan fingerprint density at radius 2 is 1.79 bits per heavy atom. The molecule has 154 valence electrons. The van der Waals surface area contributed by atoms with Gasteiger partial charge in [0.15, 0.2) is 0 Å². The highest BCUT2D eigenvalue weighted by atomic mass is 32.1. The quantitative estimate of drug-likeness (QED) is 0.568. The minimum atomic E-state index is -4.41. The minimum absolute atomic E-state index is 0.194. The van der Waals surface area contributed by atoms with E-state index in [9.17, 15) is 27.6 Å². The zero-order valence-corrected chi connectivity index (χ0v) is 16.3. The molecule has 29 heavy (non-hydrogen) atoms. The number of nitrogens with one attached hydrogen (secondary N) is 1. The van der Waals surface area contributed by atoms with E-state index < -0.39 is 11.7 Å². The highest BCUT2D eigenvalue weighted by molar-refractivity contribution is 7.17. The summed E-state index contributed by atoms with van der Waals surface area (Å²) in [6, 6.07) is 4.61. The van der Waals surface area contributed by atoms with Crippen molar-refractivity contribution in [3.63, 3.8) is 0 Å². The largest absolute Gasteiger partial charge is 0.416 e. The average molecular weight is 425 g/mol. The standard InChI is InChI=1S/C19H18F3N3O3S/c1-11-16(17(28)23-9-2-10-25-14(26)7-8-15(25)27)29-18(24-11)12-3-5-13(6-4-12)19(20,21)22/h3-6H,2,7-10H2,1H3,(H,23,28). The van der Waals surface area contributed by atoms with E-state index in [4.69, 9.17) is 0 Å². The van der Waals surface area contributed by atoms with Gasteiger partial charge >= 0.3 is 6.18 Å². The highest BCUT2D eigenvalue weighted by Gasteiger charge is 2.30. The maximum atomic E-state index is 12.7. The van der Waals surface area contributed by atoms with E-state index in [-0.39, 0.29) is 43.7 Å². The van der Waals surface area contributed by atoms with Gasteiger partial charge in [0.1, 0.15) is 9.88 Å². The summed E-state index contributed by atoms with van der Waals surface area (Å²) in [7, 11) is 0. The molecule has 0 unspecified atom stereocenters. The third-order valence-corrected chi connectivity index (χ3v) is 5.67. The van der Waals surface area contributed by atoms with Gasteiger partial charge in [-0.15, -0.1) is 11.3 Å². The monoisotopic (exact) mass is 425 g/mol. The second kappa shape index (κ2) is 8.32. The molecule has 0 aliphatic carbocycles. The Morgan fingerprint density at radius 1 is 1.17 bits per heavy atom. The van der Waals surface area contributed by atoms with Gasteiger partial charge in [0.25, 0.3) is 5.91 Å². The Morgan fingerprint density at radius 3 is 2.38 bits per heavy atom. The summed E-state index contributed by atoms with van der Waals surface area (Å²) in [6.07, 6.45) is -3.50. The Hall–Kier alpha value is -2.75. The van der Waals surface area contributed by atoms with Crippen molar-refractivity contribution in [3.8, 4) is 10.6 Å². The number of halogens is 3. The summed E-state index contributed by atoms with van der Waals surface area (Å²) in [5.74, 6) is -0.737. The van der Waals surface area contributed by atoms with Gasteiger partial charge in [-0.25, -0.2) is 4.98 Å². The number of rotatable bonds is 6. The van der Waals surface area contributed by atoms with Crippen molar-refractivity contribution >= 4 is 29.1 Å². The molecule has 0 saturated carbocycles. The molecule has 3 rings (SSSR count). The van der Waals surface area contributed by atoms with E-state index in [1.54, 1.807) is 6.92 Å². The summed E-state index contributed by atoms with van der Waals surface area (Å²) in [6.45, 7) is 2.19. The smallest absolute Gasteiger partial charge is 0.351 e. The molecule has 1 aliphatic heterocycles. The first-order valence-corrected chi connectivity index (χ1v) is 9.75. The van der Waals surface area contributed by atoms with Crippen LogP contribution in [-0.2, 0) is 15.8 Å². The van der Waals surface area contributed by atoms with Gasteiger partial charge in [-0.1, -0.05) is 12.1 Å². The van der Waals surface area contributed by atoms with E-state index in [0.717, 1.165) is 23.5 Å². The Labute approximate surface area is 168 Å². The number of hydrogen-bond acceptors (Lipinski definition) is 5. The number of hydrogen-bond donors (Lipinski definition) is 1. The summed E-state index contributed by atoms with van der Waals surface area (Å²) in [5.41, 5.74) is 0.228. The van der Waals surface area contributed by atoms with Crippen LogP contribution in [0.1, 0.15) is 40.2 Å². The van der Waals surface area contributed by atoms with Crippen molar-refractivity contribution < 1.29 is 27.6 Å². The van der Waals surface area contributed by atoms with Crippen LogP contribution < -0.4 is 5.32 Å². The topological polar surface area (TPSA) is 79.4 Å². The SMILES string of the molecule is Cc1nc(-c2ccc(C(F)(F)F)cc2)sc1C(=O)NCCCN1C(=O)CCC1=O. The number of imide groups is 1. The summed E-state index contributed by atoms with van der Waals surface area (Å²) in [4.78, 5) is 41.3. The van der Waals surface area contributed by atoms with Crippen LogP contribution in [-0.4, -0.2) is 40.7 Å². The van der Waals surface area contributed by atoms with Crippen LogP contribution in [0.5, 0.6) is 0 Å². The number of carbonyl (C=O) groups is 3. The number of aromatic nitrogens is 1. The molecule has 2 heterocycles. The molecule has 0 radical (unpaired) electrons. The molecular formula is C19H18F3N3O3S. The van der Waals surface area contributed by atoms with E-state index >= 15 is 0 Å². The molecule has 1 aromatic heterocycles. The lowest BCUT2D eigenvalue weighted by atomic mass is 10.1. The first kappa shape index (κ1) is 21.0. The van der Waals surface area contributed by atoms with Gasteiger partial charge in [-0.3, -0.25) is 19.3 Å². The number of benzene rings is 1. The van der Waals surface area contributed by atoms with Crippen LogP contribution in [0.15, 0.2) is 24.3 Å². The van der Waals surface area contributed by atoms with E-state index in [2.05, 4.69) is 10.3 Å². The predicted molar refractivity (Wildman–Crippen MR) is 100 cm³/mol. The fraction of sp³-hybridized carbons (Fsp3) is 0.368. The van der Waals surface area contributed by atoms with E-state index in [1.807, 2.05) is 0 Å². The minimum Gasteiger partial charge on any atom is -0.351 e. The first-order valence-electron chi connectivity index (χ1n) is 8.93. The maximum absolute atomic E-state index is 12.7. The Bertz CT molecular complexity index is 922. The van der Waals surface area contributed by atoms with Crippen molar-refractivity contribution in [2.24, 2.45) is 0 Å². The highest BCUT2D eigenvalue weighted by Crippen LogP contribution is 2.33. The van der Waals surface area contributed by atoms with Crippen molar-refractivity contribution in [2.75, 3.05) is 13.1 Å². The number of amides is 3. The van der Waals surface area contributed by atoms with Gasteiger partial charge in [-0.05, 0) is 25.5 Å². The van der Waals surface area contributed by atoms with Gasteiger partial charge in [0, 0.05) is 31.5 Å². The predicted octanol–water partition coefficient (Wildman–Crippen LogP) is 3.41. The second-order valence-corrected chi connectivity index (χ2v) is 7.56. The number of alkyl halides is 3. The van der Waals surface area contributed by atoms with Crippen LogP contribution in [0.2, 0.25) is 0 Å². The maximum Gasteiger partial charge on any atom is 0.416 e. The molecule has 1 fully saturated rings. The molecule has 0 bridgehead atoms. The van der Waals surface area contributed by atoms with Gasteiger partial charge in [0.05, 0.1) is 11.3 Å². The van der Waals surface area contributed by atoms with Crippen LogP contribution in [0, 0.1) is 6.92 Å². The lowest BCUT2D eigenvalue weighted by Gasteiger charge is -2.13. The molecule has 2 aromatic rings. The van der Waals surface area contributed by atoms with Gasteiger partial charge in [0.2, 0.25) is 11.8 Å². The number of nitrogens with zero attached hydrogens (tertiary/aromatic N) is 2. The normalized spacial score (nSPS) is 14.6. The van der Waals surface area contributed by atoms with Crippen molar-refractivity contribution in [3.05, 3.63) is 40.4 Å². The first-order chi connectivity index (χ1) is 13.7. The number of aryl methyl sites for hydroxylation is 1. The molecular weight excluding hydrogens is 407 g/mol. The van der Waals surface area contributed by atoms with Crippen molar-refractivity contribution in [1.29, 1.82) is 0 Å². The molecule has 1 aromatic carbocycles. The third kappa shape index (κ3) is 4.81. The lowest BCUT2D eigenvalue weighted by molar-refractivity contribution is -0.139. The zero-order chi connectivity index (χ0) is 21.2. The molecule has 10 heteroatoms. The third-order valence-electron chi connectivity index (χ3n) is 4.46. The molecule has 0 atom stereocenters. The van der Waals surface area contributed by atoms with E-state index in [0.29, 0.717) is 27.6 Å². The lowest BCUT2D eigenvalue weighted by Crippen LogP contribution is -2.33. The number of carbonyl (C=O) groups excluding carboxylic acids is 3. The van der Waals surface area contributed by atoms with Crippen LogP contribution in [0.25, 0.3) is 10.6 Å². The molecule has 6 nitrogen and oxygen atoms in total. The summed E-state index contributed by atoms with van der Waals surface area (Å²) >= 11 is 1.10. The average Bonchev–Trinajstić information content (AvgIpc) is 3.21. The summed E-state index contributed by atoms with van der Waals surface area (Å²) in [5, 5.41) is 3.17. The fourth-order valence-electron chi connectivity index (χ4n) is 2.92. The van der Waals surface area contributed by atoms with Gasteiger partial charge in [-0.2, -0.15) is 13.2 Å². The number of likely N-dealkylation sites (tertiary alicyclic amines) is 1. The van der Waals surface area contributed by atoms with Crippen LogP contribution in [0.4, 0.5) is 13.2 Å². The molecule has 1 N–H and O–H groups in total. The fourth-order valence-corrected chi connectivity index (χ4v) is 3.91. The van der Waals surface area contributed by atoms with Crippen molar-refractivity contribution in [2.45, 2.75) is 32.4 Å². The molecule has 0 spiro atoms. The zero-order valence-electron chi connectivity index (χ0n) is 15.5. The van der Waals surface area contributed by atoms with Crippen molar-refractivity contribution in [1.82, 2.24) is 15.2 Å². The number of thiazole rings is 1. The van der Waals surface area contributed by atoms with Crippen LogP contribution >= 0.6 is 11.3 Å². The van der Waals surface area contributed by atoms with Crippen LogP contribution in [0.3, 0.4) is 0 Å². The second-order valence-electron chi connectivity index (χ2n) is 6.56. The Balaban J connectivity index is 1.58. The molecule has 1 aliphatic rings. The molecule has 3 amide bonds. The summed E-state index contributed by atoms with van der Waals surface area (Å²) < 4.78 is 38.0. The van der Waals surface area contributed by atoms with E-state index in [1.165, 1.54) is 17.0 Å². The molecule has 1 saturated heterocycles. The van der Waals surface area contributed by atoms with Gasteiger partial charge < -0.3 is 5.32 Å². The Kier molecular flexibility index (Phi) is 6.02.